The third-order valence-electron chi connectivity index (χ3n) is 4.00. The van der Waals surface area contributed by atoms with Crippen molar-refractivity contribution in [2.24, 2.45) is 5.92 Å². The molecular weight excluding hydrogens is 374 g/mol. The summed E-state index contributed by atoms with van der Waals surface area (Å²) in [5.74, 6) is -3.02. The predicted molar refractivity (Wildman–Crippen MR) is 74.7 cm³/mol. The summed E-state index contributed by atoms with van der Waals surface area (Å²) < 4.78 is 85.9. The van der Waals surface area contributed by atoms with Crippen LogP contribution in [0.1, 0.15) is 33.1 Å². The number of rotatable bonds is 5. The van der Waals surface area contributed by atoms with Crippen LogP contribution in [0.3, 0.4) is 0 Å². The lowest BCUT2D eigenvalue weighted by Crippen LogP contribution is -2.70. The molecule has 0 aromatic rings. The number of halogens is 6. The van der Waals surface area contributed by atoms with Crippen molar-refractivity contribution in [2.45, 2.75) is 56.7 Å². The summed E-state index contributed by atoms with van der Waals surface area (Å²) in [5.41, 5.74) is -8.72. The van der Waals surface area contributed by atoms with Gasteiger partial charge < -0.3 is 14.6 Å². The maximum Gasteiger partial charge on any atom is 0.430 e. The van der Waals surface area contributed by atoms with Crippen molar-refractivity contribution in [1.29, 1.82) is 0 Å². The highest BCUT2D eigenvalue weighted by atomic mass is 19.4. The molecule has 0 amide bonds. The Hall–Kier alpha value is -1.78. The summed E-state index contributed by atoms with van der Waals surface area (Å²) in [6.45, 7) is -0.645. The molecule has 0 saturated carbocycles. The minimum Gasteiger partial charge on any atom is -0.453 e. The van der Waals surface area contributed by atoms with Gasteiger partial charge in [0, 0.05) is 0 Å². The topological polar surface area (TPSA) is 72.8 Å². The second-order valence-corrected chi connectivity index (χ2v) is 6.28. The molecule has 0 spiro atoms. The summed E-state index contributed by atoms with van der Waals surface area (Å²) in [4.78, 5) is 23.3. The number of esters is 2. The smallest absolute Gasteiger partial charge is 0.430 e. The van der Waals surface area contributed by atoms with Gasteiger partial charge in [0.1, 0.15) is 0 Å². The SMILES string of the molecule is CC(C)(OC(=O)COC(=O)C1CC=CCC1)C(O)(C(F)(F)F)C(F)(F)F. The first-order valence-electron chi connectivity index (χ1n) is 7.53. The van der Waals surface area contributed by atoms with Gasteiger partial charge in [-0.1, -0.05) is 12.2 Å². The van der Waals surface area contributed by atoms with E-state index in [1.165, 1.54) is 0 Å². The number of hydrogen-bond acceptors (Lipinski definition) is 5. The first-order valence-corrected chi connectivity index (χ1v) is 7.53. The first kappa shape index (κ1) is 22.3. The third-order valence-corrected chi connectivity index (χ3v) is 4.00. The molecule has 0 radical (unpaired) electrons. The Morgan fingerprint density at radius 3 is 2.04 bits per heavy atom. The summed E-state index contributed by atoms with van der Waals surface area (Å²) in [6, 6.07) is 0. The summed E-state index contributed by atoms with van der Waals surface area (Å²) in [7, 11) is 0. The highest BCUT2D eigenvalue weighted by Crippen LogP contribution is 2.50. The number of aliphatic hydroxyl groups is 1. The molecule has 5 nitrogen and oxygen atoms in total. The van der Waals surface area contributed by atoms with Gasteiger partial charge in [-0.2, -0.15) is 26.3 Å². The molecule has 1 rings (SSSR count). The average molecular weight is 392 g/mol. The van der Waals surface area contributed by atoms with Gasteiger partial charge in [-0.3, -0.25) is 4.79 Å². The number of alkyl halides is 6. The Morgan fingerprint density at radius 2 is 1.62 bits per heavy atom. The Morgan fingerprint density at radius 1 is 1.08 bits per heavy atom. The number of ether oxygens (including phenoxy) is 2. The van der Waals surface area contributed by atoms with E-state index < -0.39 is 48.0 Å². The molecule has 150 valence electrons. The van der Waals surface area contributed by atoms with Crippen LogP contribution in [0.15, 0.2) is 12.2 Å². The van der Waals surface area contributed by atoms with E-state index in [1.54, 1.807) is 6.08 Å². The van der Waals surface area contributed by atoms with E-state index in [1.807, 2.05) is 6.08 Å². The monoisotopic (exact) mass is 392 g/mol. The molecule has 0 saturated heterocycles. The van der Waals surface area contributed by atoms with E-state index >= 15 is 0 Å². The Labute approximate surface area is 144 Å². The van der Waals surface area contributed by atoms with Crippen molar-refractivity contribution in [2.75, 3.05) is 6.61 Å². The lowest BCUT2D eigenvalue weighted by atomic mass is 9.84. The summed E-state index contributed by atoms with van der Waals surface area (Å²) >= 11 is 0. The second-order valence-electron chi connectivity index (χ2n) is 6.28. The molecule has 1 atom stereocenters. The predicted octanol–water partition coefficient (Wildman–Crippen LogP) is 3.06. The maximum absolute atomic E-state index is 12.9. The molecule has 11 heteroatoms. The lowest BCUT2D eigenvalue weighted by Gasteiger charge is -2.43. The van der Waals surface area contributed by atoms with E-state index in [0.717, 1.165) is 0 Å². The molecule has 0 aromatic heterocycles. The third kappa shape index (κ3) is 4.49. The van der Waals surface area contributed by atoms with Gasteiger partial charge in [-0.05, 0) is 33.1 Å². The standard InChI is InChI=1S/C15H18F6O5/c1-12(2,13(24,14(16,17)18)15(19,20)21)26-10(22)8-25-11(23)9-6-4-3-5-7-9/h3-4,9,24H,5-8H2,1-2H3. The van der Waals surface area contributed by atoms with Gasteiger partial charge in [-0.15, -0.1) is 0 Å². The van der Waals surface area contributed by atoms with Gasteiger partial charge >= 0.3 is 24.3 Å². The van der Waals surface area contributed by atoms with Crippen molar-refractivity contribution >= 4 is 11.9 Å². The van der Waals surface area contributed by atoms with Crippen molar-refractivity contribution in [3.05, 3.63) is 12.2 Å². The van der Waals surface area contributed by atoms with Gasteiger partial charge in [-0.25, -0.2) is 4.79 Å². The van der Waals surface area contributed by atoms with Gasteiger partial charge in [0.05, 0.1) is 5.92 Å². The van der Waals surface area contributed by atoms with Crippen molar-refractivity contribution in [1.82, 2.24) is 0 Å². The zero-order valence-electron chi connectivity index (χ0n) is 13.9. The summed E-state index contributed by atoms with van der Waals surface area (Å²) in [6.07, 6.45) is -7.40. The molecule has 0 bridgehead atoms. The quantitative estimate of drug-likeness (QED) is 0.442. The fraction of sp³-hybridized carbons (Fsp3) is 0.733. The van der Waals surface area contributed by atoms with Crippen molar-refractivity contribution in [3.8, 4) is 0 Å². The number of carbonyl (C=O) groups is 2. The molecule has 1 N–H and O–H groups in total. The van der Waals surface area contributed by atoms with E-state index in [2.05, 4.69) is 9.47 Å². The van der Waals surface area contributed by atoms with Gasteiger partial charge in [0.25, 0.3) is 5.60 Å². The second kappa shape index (κ2) is 7.45. The Bertz CT molecular complexity index is 550. The molecule has 1 aliphatic rings. The molecule has 26 heavy (non-hydrogen) atoms. The zero-order valence-corrected chi connectivity index (χ0v) is 13.9. The van der Waals surface area contributed by atoms with Crippen molar-refractivity contribution < 1.29 is 50.5 Å². The van der Waals surface area contributed by atoms with E-state index in [9.17, 15) is 41.0 Å². The minimum atomic E-state index is -6.17. The fourth-order valence-electron chi connectivity index (χ4n) is 2.49. The van der Waals surface area contributed by atoms with Crippen LogP contribution in [-0.4, -0.2) is 47.2 Å². The average Bonchev–Trinajstić information content (AvgIpc) is 2.49. The Kier molecular flexibility index (Phi) is 6.38. The zero-order chi connectivity index (χ0) is 20.4. The molecular formula is C15H18F6O5. The lowest BCUT2D eigenvalue weighted by molar-refractivity contribution is -0.407. The van der Waals surface area contributed by atoms with Crippen LogP contribution in [0.5, 0.6) is 0 Å². The van der Waals surface area contributed by atoms with Crippen LogP contribution in [0, 0.1) is 5.92 Å². The van der Waals surface area contributed by atoms with Crippen LogP contribution in [-0.2, 0) is 19.1 Å². The number of hydrogen-bond donors (Lipinski definition) is 1. The van der Waals surface area contributed by atoms with Gasteiger partial charge in [0.2, 0.25) is 0 Å². The molecule has 1 unspecified atom stereocenters. The number of carbonyl (C=O) groups excluding carboxylic acids is 2. The highest BCUT2D eigenvalue weighted by Gasteiger charge is 2.78. The molecule has 1 aliphatic carbocycles. The van der Waals surface area contributed by atoms with Crippen LogP contribution in [0.25, 0.3) is 0 Å². The van der Waals surface area contributed by atoms with Crippen molar-refractivity contribution in [3.63, 3.8) is 0 Å². The maximum atomic E-state index is 12.9. The fourth-order valence-corrected chi connectivity index (χ4v) is 2.49. The van der Waals surface area contributed by atoms with Crippen LogP contribution >= 0.6 is 0 Å². The van der Waals surface area contributed by atoms with Crippen LogP contribution in [0.4, 0.5) is 26.3 Å². The highest BCUT2D eigenvalue weighted by molar-refractivity contribution is 5.78. The largest absolute Gasteiger partial charge is 0.453 e. The molecule has 0 heterocycles. The van der Waals surface area contributed by atoms with E-state index in [0.29, 0.717) is 19.3 Å². The van der Waals surface area contributed by atoms with Crippen LogP contribution in [0.2, 0.25) is 0 Å². The minimum absolute atomic E-state index is 0.264. The van der Waals surface area contributed by atoms with Gasteiger partial charge in [0.15, 0.2) is 12.2 Å². The van der Waals surface area contributed by atoms with E-state index in [-0.39, 0.29) is 13.8 Å². The van der Waals surface area contributed by atoms with Crippen LogP contribution < -0.4 is 0 Å². The Balaban J connectivity index is 2.79. The molecule has 0 fully saturated rings. The first-order chi connectivity index (χ1) is 11.6. The van der Waals surface area contributed by atoms with E-state index in [4.69, 9.17) is 0 Å². The summed E-state index contributed by atoms with van der Waals surface area (Å²) in [5, 5.41) is 9.30. The molecule has 0 aromatic carbocycles. The number of allylic oxidation sites excluding steroid dienone is 2. The normalized spacial score (nSPS) is 19.2. The molecule has 0 aliphatic heterocycles.